The number of nitrogens with zero attached hydrogens (tertiary/aromatic N) is 2. The summed E-state index contributed by atoms with van der Waals surface area (Å²) in [5, 5.41) is 9.52. The first-order valence-corrected chi connectivity index (χ1v) is 9.49. The van der Waals surface area contributed by atoms with Crippen molar-refractivity contribution < 1.29 is 8.42 Å². The molecule has 0 radical (unpaired) electrons. The second-order valence-electron chi connectivity index (χ2n) is 5.74. The lowest BCUT2D eigenvalue weighted by molar-refractivity contribution is 0.511. The van der Waals surface area contributed by atoms with E-state index in [4.69, 9.17) is 5.14 Å². The molecule has 1 heterocycles. The lowest BCUT2D eigenvalue weighted by Crippen LogP contribution is -2.14. The van der Waals surface area contributed by atoms with Crippen LogP contribution in [0.15, 0.2) is 4.90 Å². The maximum atomic E-state index is 11.5. The van der Waals surface area contributed by atoms with E-state index in [0.717, 1.165) is 19.4 Å². The van der Waals surface area contributed by atoms with Crippen molar-refractivity contribution in [2.45, 2.75) is 83.6 Å². The molecule has 0 atom stereocenters. The zero-order valence-electron chi connectivity index (χ0n) is 13.6. The number of unbranched alkanes of at least 4 members (excludes halogenated alkanes) is 7. The van der Waals surface area contributed by atoms with E-state index in [0.29, 0.717) is 11.4 Å². The van der Waals surface area contributed by atoms with Crippen LogP contribution in [0, 0.1) is 13.8 Å². The number of aryl methyl sites for hydroxylation is 2. The van der Waals surface area contributed by atoms with Crippen LogP contribution in [0.25, 0.3) is 0 Å². The minimum absolute atomic E-state index is 0.182. The summed E-state index contributed by atoms with van der Waals surface area (Å²) in [6.45, 7) is 6.45. The molecular weight excluding hydrogens is 286 g/mol. The molecule has 0 unspecified atom stereocenters. The molecule has 122 valence electrons. The number of hydrogen-bond donors (Lipinski definition) is 1. The van der Waals surface area contributed by atoms with Gasteiger partial charge in [0.2, 0.25) is 10.0 Å². The molecule has 0 aliphatic heterocycles. The molecule has 0 aliphatic rings. The fraction of sp³-hybridized carbons (Fsp3) is 0.800. The number of aromatic nitrogens is 2. The average Bonchev–Trinajstić information content (AvgIpc) is 2.67. The van der Waals surface area contributed by atoms with Crippen molar-refractivity contribution in [2.24, 2.45) is 5.14 Å². The van der Waals surface area contributed by atoms with E-state index < -0.39 is 10.0 Å². The van der Waals surface area contributed by atoms with Gasteiger partial charge in [0.15, 0.2) is 0 Å². The van der Waals surface area contributed by atoms with Crippen LogP contribution in [0.3, 0.4) is 0 Å². The Labute approximate surface area is 129 Å². The Morgan fingerprint density at radius 1 is 1.00 bits per heavy atom. The quantitative estimate of drug-likeness (QED) is 0.673. The van der Waals surface area contributed by atoms with Gasteiger partial charge in [-0.25, -0.2) is 13.6 Å². The molecule has 6 heteroatoms. The molecule has 1 aromatic heterocycles. The second kappa shape index (κ2) is 8.54. The third-order valence-electron chi connectivity index (χ3n) is 3.82. The van der Waals surface area contributed by atoms with Gasteiger partial charge in [-0.3, -0.25) is 4.68 Å². The van der Waals surface area contributed by atoms with Crippen LogP contribution in [-0.2, 0) is 16.6 Å². The Balaban J connectivity index is 2.37. The van der Waals surface area contributed by atoms with Crippen molar-refractivity contribution in [3.63, 3.8) is 0 Å². The number of primary sulfonamides is 1. The average molecular weight is 315 g/mol. The highest BCUT2D eigenvalue weighted by Gasteiger charge is 2.20. The highest BCUT2D eigenvalue weighted by atomic mass is 32.2. The molecular formula is C15H29N3O2S. The van der Waals surface area contributed by atoms with Gasteiger partial charge in [0, 0.05) is 6.54 Å². The smallest absolute Gasteiger partial charge is 0.241 e. The third-order valence-corrected chi connectivity index (χ3v) is 4.98. The van der Waals surface area contributed by atoms with E-state index in [-0.39, 0.29) is 4.90 Å². The third kappa shape index (κ3) is 5.79. The van der Waals surface area contributed by atoms with Crippen molar-refractivity contribution in [2.75, 3.05) is 0 Å². The Hall–Kier alpha value is -0.880. The maximum Gasteiger partial charge on any atom is 0.241 e. The number of sulfonamides is 1. The summed E-state index contributed by atoms with van der Waals surface area (Å²) >= 11 is 0. The lowest BCUT2D eigenvalue weighted by Gasteiger charge is -2.05. The number of nitrogens with two attached hydrogens (primary N) is 1. The topological polar surface area (TPSA) is 78.0 Å². The van der Waals surface area contributed by atoms with E-state index in [1.807, 2.05) is 0 Å². The van der Waals surface area contributed by atoms with Crippen LogP contribution in [0.2, 0.25) is 0 Å². The predicted octanol–water partition coefficient (Wildman–Crippen LogP) is 3.29. The summed E-state index contributed by atoms with van der Waals surface area (Å²) < 4.78 is 24.8. The lowest BCUT2D eigenvalue weighted by atomic mass is 10.1. The summed E-state index contributed by atoms with van der Waals surface area (Å²) in [6, 6.07) is 0. The van der Waals surface area contributed by atoms with E-state index >= 15 is 0 Å². The molecule has 2 N–H and O–H groups in total. The SMILES string of the molecule is CCCCCCCCCCn1nc(C)c(S(N)(=O)=O)c1C. The van der Waals surface area contributed by atoms with Crippen LogP contribution < -0.4 is 5.14 Å². The molecule has 0 fully saturated rings. The molecule has 1 rings (SSSR count). The van der Waals surface area contributed by atoms with Gasteiger partial charge in [0.05, 0.1) is 11.4 Å². The van der Waals surface area contributed by atoms with E-state index in [1.165, 1.54) is 38.5 Å². The Bertz CT molecular complexity index is 535. The van der Waals surface area contributed by atoms with Crippen LogP contribution in [0.5, 0.6) is 0 Å². The van der Waals surface area contributed by atoms with Gasteiger partial charge in [0.25, 0.3) is 0 Å². The van der Waals surface area contributed by atoms with Gasteiger partial charge in [-0.15, -0.1) is 0 Å². The van der Waals surface area contributed by atoms with Crippen LogP contribution in [0.1, 0.15) is 69.7 Å². The molecule has 1 aromatic rings. The van der Waals surface area contributed by atoms with Crippen molar-refractivity contribution in [1.82, 2.24) is 9.78 Å². The Morgan fingerprint density at radius 2 is 1.52 bits per heavy atom. The Kier molecular flexibility index (Phi) is 7.39. The summed E-state index contributed by atoms with van der Waals surface area (Å²) in [6.07, 6.45) is 10.0. The van der Waals surface area contributed by atoms with Gasteiger partial charge >= 0.3 is 0 Å². The zero-order valence-corrected chi connectivity index (χ0v) is 14.4. The van der Waals surface area contributed by atoms with Crippen LogP contribution in [0.4, 0.5) is 0 Å². The van der Waals surface area contributed by atoms with Gasteiger partial charge in [-0.05, 0) is 20.3 Å². The van der Waals surface area contributed by atoms with Gasteiger partial charge < -0.3 is 0 Å². The molecule has 0 saturated carbocycles. The standard InChI is InChI=1S/C15H29N3O2S/c1-4-5-6-7-8-9-10-11-12-18-14(3)15(13(2)17-18)21(16,19)20/h4-12H2,1-3H3,(H2,16,19,20). The minimum Gasteiger partial charge on any atom is -0.268 e. The zero-order chi connectivity index (χ0) is 15.9. The molecule has 0 saturated heterocycles. The summed E-state index contributed by atoms with van der Waals surface area (Å²) in [5.74, 6) is 0. The van der Waals surface area contributed by atoms with Crippen molar-refractivity contribution in [1.29, 1.82) is 0 Å². The molecule has 5 nitrogen and oxygen atoms in total. The van der Waals surface area contributed by atoms with Crippen molar-refractivity contribution in [3.8, 4) is 0 Å². The number of rotatable bonds is 10. The first kappa shape index (κ1) is 18.2. The fourth-order valence-electron chi connectivity index (χ4n) is 2.71. The molecule has 0 bridgehead atoms. The predicted molar refractivity (Wildman–Crippen MR) is 85.7 cm³/mol. The first-order chi connectivity index (χ1) is 9.88. The normalized spacial score (nSPS) is 12.0. The summed E-state index contributed by atoms with van der Waals surface area (Å²) in [4.78, 5) is 0.182. The van der Waals surface area contributed by atoms with Gasteiger partial charge in [-0.1, -0.05) is 51.9 Å². The Morgan fingerprint density at radius 3 is 2.00 bits per heavy atom. The molecule has 0 aliphatic carbocycles. The van der Waals surface area contributed by atoms with Crippen LogP contribution >= 0.6 is 0 Å². The second-order valence-corrected chi connectivity index (χ2v) is 7.24. The molecule has 0 amide bonds. The monoisotopic (exact) mass is 315 g/mol. The molecule has 21 heavy (non-hydrogen) atoms. The summed E-state index contributed by atoms with van der Waals surface area (Å²) in [5.41, 5.74) is 1.15. The first-order valence-electron chi connectivity index (χ1n) is 7.94. The fourth-order valence-corrected chi connectivity index (χ4v) is 3.68. The van der Waals surface area contributed by atoms with E-state index in [1.54, 1.807) is 18.5 Å². The summed E-state index contributed by atoms with van der Waals surface area (Å²) in [7, 11) is -3.67. The number of hydrogen-bond acceptors (Lipinski definition) is 3. The van der Waals surface area contributed by atoms with Crippen LogP contribution in [-0.4, -0.2) is 18.2 Å². The van der Waals surface area contributed by atoms with E-state index in [9.17, 15) is 8.42 Å². The largest absolute Gasteiger partial charge is 0.268 e. The highest BCUT2D eigenvalue weighted by Crippen LogP contribution is 2.18. The van der Waals surface area contributed by atoms with Crippen molar-refractivity contribution in [3.05, 3.63) is 11.4 Å². The van der Waals surface area contributed by atoms with Gasteiger partial charge in [0.1, 0.15) is 4.90 Å². The molecule has 0 spiro atoms. The van der Waals surface area contributed by atoms with E-state index in [2.05, 4.69) is 12.0 Å². The highest BCUT2D eigenvalue weighted by molar-refractivity contribution is 7.89. The molecule has 0 aromatic carbocycles. The van der Waals surface area contributed by atoms with Crippen molar-refractivity contribution >= 4 is 10.0 Å². The minimum atomic E-state index is -3.67. The maximum absolute atomic E-state index is 11.5. The van der Waals surface area contributed by atoms with Gasteiger partial charge in [-0.2, -0.15) is 5.10 Å².